The number of carboxylic acids is 1. The summed E-state index contributed by atoms with van der Waals surface area (Å²) in [5.41, 5.74) is -0.117. The number of aliphatic hydroxyl groups is 1. The molecule has 0 aliphatic carbocycles. The van der Waals surface area contributed by atoms with Gasteiger partial charge in [-0.2, -0.15) is 0 Å². The van der Waals surface area contributed by atoms with Gasteiger partial charge in [0, 0.05) is 18.5 Å². The monoisotopic (exact) mass is 352 g/mol. The highest BCUT2D eigenvalue weighted by atomic mass is 16.5. The van der Waals surface area contributed by atoms with E-state index in [4.69, 9.17) is 9.84 Å². The van der Waals surface area contributed by atoms with E-state index in [1.54, 1.807) is 13.8 Å². The Labute approximate surface area is 146 Å². The Morgan fingerprint density at radius 1 is 1.16 bits per heavy atom. The molecule has 138 valence electrons. The molecule has 0 aliphatic rings. The maximum absolute atomic E-state index is 11.8. The first kappa shape index (κ1) is 20.4. The number of carbonyl (C=O) groups excluding carboxylic acids is 2. The van der Waals surface area contributed by atoms with E-state index >= 15 is 0 Å². The molecule has 1 aromatic rings. The van der Waals surface area contributed by atoms with Gasteiger partial charge in [-0.05, 0) is 5.56 Å². The SMILES string of the molecule is CC(C)(CNC(=O)OCc1ccccc1)[C@H](O)C(=O)NCCC(=O)O. The van der Waals surface area contributed by atoms with Crippen LogP contribution in [0.2, 0.25) is 0 Å². The number of aliphatic carboxylic acids is 1. The van der Waals surface area contributed by atoms with Crippen molar-refractivity contribution in [3.05, 3.63) is 35.9 Å². The van der Waals surface area contributed by atoms with Crippen molar-refractivity contribution in [1.29, 1.82) is 0 Å². The van der Waals surface area contributed by atoms with Crippen molar-refractivity contribution in [1.82, 2.24) is 10.6 Å². The van der Waals surface area contributed by atoms with Gasteiger partial charge >= 0.3 is 12.1 Å². The lowest BCUT2D eigenvalue weighted by Gasteiger charge is -2.29. The zero-order chi connectivity index (χ0) is 18.9. The number of carboxylic acid groups (broad SMARTS) is 1. The largest absolute Gasteiger partial charge is 0.481 e. The molecule has 0 saturated carbocycles. The van der Waals surface area contributed by atoms with Crippen LogP contribution >= 0.6 is 0 Å². The van der Waals surface area contributed by atoms with Gasteiger partial charge in [-0.25, -0.2) is 4.79 Å². The van der Waals surface area contributed by atoms with E-state index in [1.165, 1.54) is 0 Å². The topological polar surface area (TPSA) is 125 Å². The third-order valence-electron chi connectivity index (χ3n) is 3.53. The van der Waals surface area contributed by atoms with E-state index in [9.17, 15) is 19.5 Å². The molecule has 0 heterocycles. The molecule has 0 saturated heterocycles. The standard InChI is InChI=1S/C17H24N2O6/c1-17(2,14(22)15(23)18-9-8-13(20)21)11-19-16(24)25-10-12-6-4-3-5-7-12/h3-7,14,22H,8-11H2,1-2H3,(H,18,23)(H,19,24)(H,20,21)/t14-/m1/s1. The average Bonchev–Trinajstić information content (AvgIpc) is 2.58. The molecule has 25 heavy (non-hydrogen) atoms. The fourth-order valence-electron chi connectivity index (χ4n) is 1.91. The lowest BCUT2D eigenvalue weighted by molar-refractivity contribution is -0.137. The van der Waals surface area contributed by atoms with Crippen LogP contribution in [0.5, 0.6) is 0 Å². The molecule has 0 unspecified atom stereocenters. The van der Waals surface area contributed by atoms with Crippen LogP contribution in [0.15, 0.2) is 30.3 Å². The van der Waals surface area contributed by atoms with E-state index in [1.807, 2.05) is 30.3 Å². The molecule has 1 atom stereocenters. The molecule has 8 nitrogen and oxygen atoms in total. The molecular formula is C17H24N2O6. The number of rotatable bonds is 9. The fourth-order valence-corrected chi connectivity index (χ4v) is 1.91. The highest BCUT2D eigenvalue weighted by Crippen LogP contribution is 2.19. The van der Waals surface area contributed by atoms with Crippen LogP contribution in [0.4, 0.5) is 4.79 Å². The summed E-state index contributed by atoms with van der Waals surface area (Å²) in [6.07, 6.45) is -2.30. The van der Waals surface area contributed by atoms with Gasteiger partial charge in [-0.1, -0.05) is 44.2 Å². The zero-order valence-corrected chi connectivity index (χ0v) is 14.3. The Kier molecular flexibility index (Phi) is 7.87. The maximum atomic E-state index is 11.8. The number of ether oxygens (including phenoxy) is 1. The van der Waals surface area contributed by atoms with Crippen molar-refractivity contribution in [3.63, 3.8) is 0 Å². The van der Waals surface area contributed by atoms with E-state index in [0.29, 0.717) is 0 Å². The van der Waals surface area contributed by atoms with Crippen LogP contribution in [0.1, 0.15) is 25.8 Å². The number of hydrogen-bond donors (Lipinski definition) is 4. The first-order chi connectivity index (χ1) is 11.7. The van der Waals surface area contributed by atoms with Gasteiger partial charge in [0.25, 0.3) is 0 Å². The minimum absolute atomic E-state index is 0.00808. The Balaban J connectivity index is 2.38. The number of hydrogen-bond acceptors (Lipinski definition) is 5. The maximum Gasteiger partial charge on any atom is 0.407 e. The van der Waals surface area contributed by atoms with Crippen molar-refractivity contribution in [2.45, 2.75) is 33.0 Å². The summed E-state index contributed by atoms with van der Waals surface area (Å²) in [6, 6.07) is 9.16. The van der Waals surface area contributed by atoms with Crippen molar-refractivity contribution >= 4 is 18.0 Å². The molecule has 0 radical (unpaired) electrons. The third-order valence-corrected chi connectivity index (χ3v) is 3.53. The lowest BCUT2D eigenvalue weighted by atomic mass is 9.86. The molecule has 0 fully saturated rings. The van der Waals surface area contributed by atoms with Crippen LogP contribution in [-0.4, -0.2) is 47.4 Å². The van der Waals surface area contributed by atoms with Gasteiger partial charge in [0.1, 0.15) is 12.7 Å². The Bertz CT molecular complexity index is 588. The van der Waals surface area contributed by atoms with Crippen LogP contribution in [0, 0.1) is 5.41 Å². The lowest BCUT2D eigenvalue weighted by Crippen LogP contribution is -2.49. The van der Waals surface area contributed by atoms with Gasteiger partial charge in [0.2, 0.25) is 5.91 Å². The van der Waals surface area contributed by atoms with Crippen LogP contribution in [0.3, 0.4) is 0 Å². The molecule has 2 amide bonds. The Morgan fingerprint density at radius 2 is 1.80 bits per heavy atom. The minimum atomic E-state index is -1.41. The van der Waals surface area contributed by atoms with Crippen molar-refractivity contribution in [2.75, 3.05) is 13.1 Å². The summed E-state index contributed by atoms with van der Waals surface area (Å²) in [5, 5.41) is 23.5. The van der Waals surface area contributed by atoms with E-state index in [2.05, 4.69) is 10.6 Å². The number of nitrogens with one attached hydrogen (secondary N) is 2. The van der Waals surface area contributed by atoms with Gasteiger partial charge < -0.3 is 25.6 Å². The van der Waals surface area contributed by atoms with Crippen LogP contribution in [0.25, 0.3) is 0 Å². The molecule has 0 bridgehead atoms. The molecule has 0 aliphatic heterocycles. The Morgan fingerprint density at radius 3 is 2.40 bits per heavy atom. The summed E-state index contributed by atoms with van der Waals surface area (Å²) in [6.45, 7) is 3.26. The summed E-state index contributed by atoms with van der Waals surface area (Å²) in [4.78, 5) is 34.0. The first-order valence-corrected chi connectivity index (χ1v) is 7.84. The van der Waals surface area contributed by atoms with Crippen LogP contribution in [-0.2, 0) is 20.9 Å². The molecule has 0 spiro atoms. The van der Waals surface area contributed by atoms with E-state index < -0.39 is 29.5 Å². The minimum Gasteiger partial charge on any atom is -0.481 e. The fraction of sp³-hybridized carbons (Fsp3) is 0.471. The molecule has 1 aromatic carbocycles. The van der Waals surface area contributed by atoms with Gasteiger partial charge in [-0.3, -0.25) is 9.59 Å². The Hall–Kier alpha value is -2.61. The quantitative estimate of drug-likeness (QED) is 0.523. The van der Waals surface area contributed by atoms with Gasteiger partial charge in [0.15, 0.2) is 0 Å². The summed E-state index contributed by atoms with van der Waals surface area (Å²) < 4.78 is 5.06. The number of alkyl carbamates (subject to hydrolysis) is 1. The highest BCUT2D eigenvalue weighted by Gasteiger charge is 2.34. The second kappa shape index (κ2) is 9.63. The molecule has 8 heteroatoms. The van der Waals surface area contributed by atoms with Gasteiger partial charge in [0.05, 0.1) is 6.42 Å². The smallest absolute Gasteiger partial charge is 0.407 e. The number of carbonyl (C=O) groups is 3. The second-order valence-corrected chi connectivity index (χ2v) is 6.24. The summed E-state index contributed by atoms with van der Waals surface area (Å²) in [5.74, 6) is -1.73. The molecule has 1 rings (SSSR count). The second-order valence-electron chi connectivity index (χ2n) is 6.24. The predicted molar refractivity (Wildman–Crippen MR) is 89.7 cm³/mol. The van der Waals surface area contributed by atoms with Crippen molar-refractivity contribution in [2.24, 2.45) is 5.41 Å². The van der Waals surface area contributed by atoms with Crippen molar-refractivity contribution in [3.8, 4) is 0 Å². The zero-order valence-electron chi connectivity index (χ0n) is 14.3. The van der Waals surface area contributed by atoms with E-state index in [-0.39, 0.29) is 26.1 Å². The van der Waals surface area contributed by atoms with E-state index in [0.717, 1.165) is 5.56 Å². The molecule has 4 N–H and O–H groups in total. The number of benzene rings is 1. The first-order valence-electron chi connectivity index (χ1n) is 7.84. The molecular weight excluding hydrogens is 328 g/mol. The molecule has 0 aromatic heterocycles. The average molecular weight is 352 g/mol. The number of aliphatic hydroxyl groups excluding tert-OH is 1. The highest BCUT2D eigenvalue weighted by molar-refractivity contribution is 5.82. The summed E-state index contributed by atoms with van der Waals surface area (Å²) >= 11 is 0. The van der Waals surface area contributed by atoms with Crippen molar-refractivity contribution < 1.29 is 29.3 Å². The number of amides is 2. The normalized spacial score (nSPS) is 12.1. The summed E-state index contributed by atoms with van der Waals surface area (Å²) in [7, 11) is 0. The van der Waals surface area contributed by atoms with Crippen LogP contribution < -0.4 is 10.6 Å². The third kappa shape index (κ3) is 7.67. The van der Waals surface area contributed by atoms with Gasteiger partial charge in [-0.15, -0.1) is 0 Å². The predicted octanol–water partition coefficient (Wildman–Crippen LogP) is 0.891.